The van der Waals surface area contributed by atoms with Gasteiger partial charge < -0.3 is 15.4 Å². The molecule has 3 N–H and O–H groups in total. The van der Waals surface area contributed by atoms with E-state index in [-0.39, 0.29) is 5.60 Å². The lowest BCUT2D eigenvalue weighted by Crippen LogP contribution is -2.33. The van der Waals surface area contributed by atoms with Crippen LogP contribution in [-0.2, 0) is 4.74 Å². The number of aromatic nitrogens is 4. The number of rotatable bonds is 8. The summed E-state index contributed by atoms with van der Waals surface area (Å²) in [5, 5.41) is 14.3. The van der Waals surface area contributed by atoms with Gasteiger partial charge in [0.2, 0.25) is 5.95 Å². The summed E-state index contributed by atoms with van der Waals surface area (Å²) in [7, 11) is 0. The van der Waals surface area contributed by atoms with Crippen molar-refractivity contribution in [1.29, 1.82) is 0 Å². The highest BCUT2D eigenvalue weighted by Crippen LogP contribution is 2.21. The molecule has 2 rings (SSSR count). The molecule has 0 saturated heterocycles. The van der Waals surface area contributed by atoms with Crippen LogP contribution in [0.3, 0.4) is 0 Å². The summed E-state index contributed by atoms with van der Waals surface area (Å²) in [6, 6.07) is 0. The molecule has 2 aromatic rings. The molecule has 0 fully saturated rings. The van der Waals surface area contributed by atoms with Crippen LogP contribution >= 0.6 is 0 Å². The Hall–Kier alpha value is -1.89. The Balaban J connectivity index is 2.18. The molecule has 0 bridgehead atoms. The Kier molecular flexibility index (Phi) is 4.95. The summed E-state index contributed by atoms with van der Waals surface area (Å²) in [6.45, 7) is 10.4. The van der Waals surface area contributed by atoms with E-state index in [1.54, 1.807) is 6.20 Å². The van der Waals surface area contributed by atoms with Gasteiger partial charge in [-0.05, 0) is 27.2 Å². The Bertz CT molecular complexity index is 580. The Morgan fingerprint density at radius 3 is 2.76 bits per heavy atom. The summed E-state index contributed by atoms with van der Waals surface area (Å²) in [5.74, 6) is 1.37. The Morgan fingerprint density at radius 1 is 1.24 bits per heavy atom. The SMILES string of the molecule is CCCNc1nc(NCC(C)(C)OCC)c2cn[nH]c2n1. The molecule has 2 heterocycles. The normalized spacial score (nSPS) is 11.8. The van der Waals surface area contributed by atoms with E-state index in [4.69, 9.17) is 4.74 Å². The number of nitrogens with one attached hydrogen (secondary N) is 3. The molecular formula is C14H24N6O. The van der Waals surface area contributed by atoms with Crippen LogP contribution in [0, 0.1) is 0 Å². The van der Waals surface area contributed by atoms with Gasteiger partial charge in [0.05, 0.1) is 17.2 Å². The second-order valence-corrected chi connectivity index (χ2v) is 5.50. The highest BCUT2D eigenvalue weighted by atomic mass is 16.5. The maximum Gasteiger partial charge on any atom is 0.226 e. The zero-order valence-corrected chi connectivity index (χ0v) is 13.2. The lowest BCUT2D eigenvalue weighted by Gasteiger charge is -2.25. The van der Waals surface area contributed by atoms with Crippen LogP contribution in [0.15, 0.2) is 6.20 Å². The topological polar surface area (TPSA) is 87.8 Å². The van der Waals surface area contributed by atoms with E-state index in [1.165, 1.54) is 0 Å². The third-order valence-electron chi connectivity index (χ3n) is 3.06. The van der Waals surface area contributed by atoms with E-state index in [9.17, 15) is 0 Å². The zero-order chi connectivity index (χ0) is 15.3. The third-order valence-corrected chi connectivity index (χ3v) is 3.06. The van der Waals surface area contributed by atoms with Gasteiger partial charge in [-0.3, -0.25) is 5.10 Å². The van der Waals surface area contributed by atoms with E-state index >= 15 is 0 Å². The van der Waals surface area contributed by atoms with Gasteiger partial charge >= 0.3 is 0 Å². The fourth-order valence-corrected chi connectivity index (χ4v) is 2.02. The van der Waals surface area contributed by atoms with Crippen LogP contribution in [0.2, 0.25) is 0 Å². The maximum atomic E-state index is 5.69. The van der Waals surface area contributed by atoms with Gasteiger partial charge in [0.1, 0.15) is 5.82 Å². The van der Waals surface area contributed by atoms with Gasteiger partial charge in [-0.15, -0.1) is 0 Å². The largest absolute Gasteiger partial charge is 0.374 e. The van der Waals surface area contributed by atoms with Gasteiger partial charge in [0.25, 0.3) is 0 Å². The fraction of sp³-hybridized carbons (Fsp3) is 0.643. The fourth-order valence-electron chi connectivity index (χ4n) is 2.02. The summed E-state index contributed by atoms with van der Waals surface area (Å²) in [5.41, 5.74) is 0.465. The second kappa shape index (κ2) is 6.71. The predicted octanol–water partition coefficient (Wildman–Crippen LogP) is 2.40. The Morgan fingerprint density at radius 2 is 2.05 bits per heavy atom. The molecule has 0 aliphatic carbocycles. The molecule has 0 radical (unpaired) electrons. The number of ether oxygens (including phenoxy) is 1. The number of hydrogen-bond donors (Lipinski definition) is 3. The predicted molar refractivity (Wildman–Crippen MR) is 84.7 cm³/mol. The van der Waals surface area contributed by atoms with Crippen molar-refractivity contribution < 1.29 is 4.74 Å². The average molecular weight is 292 g/mol. The first-order valence-electron chi connectivity index (χ1n) is 7.38. The summed E-state index contributed by atoms with van der Waals surface area (Å²) < 4.78 is 5.69. The van der Waals surface area contributed by atoms with Crippen LogP contribution in [0.5, 0.6) is 0 Å². The number of aromatic amines is 1. The van der Waals surface area contributed by atoms with Crippen LogP contribution in [0.25, 0.3) is 11.0 Å². The molecule has 116 valence electrons. The monoisotopic (exact) mass is 292 g/mol. The van der Waals surface area contributed by atoms with Crippen LogP contribution in [0.4, 0.5) is 11.8 Å². The van der Waals surface area contributed by atoms with Gasteiger partial charge in [0, 0.05) is 19.7 Å². The minimum absolute atomic E-state index is 0.257. The number of hydrogen-bond acceptors (Lipinski definition) is 6. The van der Waals surface area contributed by atoms with E-state index < -0.39 is 0 Å². The number of anilines is 2. The van der Waals surface area contributed by atoms with E-state index in [2.05, 4.69) is 37.7 Å². The molecular weight excluding hydrogens is 268 g/mol. The minimum Gasteiger partial charge on any atom is -0.374 e. The van der Waals surface area contributed by atoms with Crippen molar-refractivity contribution in [3.05, 3.63) is 6.20 Å². The summed E-state index contributed by atoms with van der Waals surface area (Å²) in [4.78, 5) is 8.93. The van der Waals surface area contributed by atoms with Gasteiger partial charge in [0.15, 0.2) is 5.65 Å². The molecule has 0 aliphatic heterocycles. The lowest BCUT2D eigenvalue weighted by molar-refractivity contribution is 0.000663. The van der Waals surface area contributed by atoms with Gasteiger partial charge in [-0.25, -0.2) is 0 Å². The standard InChI is InChI=1S/C14H24N6O/c1-5-7-15-13-18-11(10-8-17-20-12(10)19-13)16-9-14(3,4)21-6-2/h8H,5-7,9H2,1-4H3,(H3,15,16,17,18,19,20). The molecule has 0 spiro atoms. The molecule has 7 heteroatoms. The first-order chi connectivity index (χ1) is 10.1. The molecule has 0 atom stereocenters. The van der Waals surface area contributed by atoms with Crippen molar-refractivity contribution in [2.24, 2.45) is 0 Å². The lowest BCUT2D eigenvalue weighted by atomic mass is 10.1. The first kappa shape index (κ1) is 15.5. The average Bonchev–Trinajstić information content (AvgIpc) is 2.91. The van der Waals surface area contributed by atoms with Crippen molar-refractivity contribution in [2.75, 3.05) is 30.3 Å². The van der Waals surface area contributed by atoms with Crippen molar-refractivity contribution in [3.63, 3.8) is 0 Å². The second-order valence-electron chi connectivity index (χ2n) is 5.50. The minimum atomic E-state index is -0.257. The highest BCUT2D eigenvalue weighted by Gasteiger charge is 2.18. The van der Waals surface area contributed by atoms with E-state index in [1.807, 2.05) is 20.8 Å². The quantitative estimate of drug-likeness (QED) is 0.692. The molecule has 21 heavy (non-hydrogen) atoms. The summed E-state index contributed by atoms with van der Waals surface area (Å²) in [6.07, 6.45) is 2.75. The summed E-state index contributed by atoms with van der Waals surface area (Å²) >= 11 is 0. The Labute approximate surface area is 124 Å². The van der Waals surface area contributed by atoms with E-state index in [0.717, 1.165) is 29.8 Å². The molecule has 7 nitrogen and oxygen atoms in total. The third kappa shape index (κ3) is 4.04. The van der Waals surface area contributed by atoms with E-state index in [0.29, 0.717) is 19.1 Å². The first-order valence-corrected chi connectivity index (χ1v) is 7.38. The van der Waals surface area contributed by atoms with Crippen molar-refractivity contribution in [1.82, 2.24) is 20.2 Å². The van der Waals surface area contributed by atoms with Crippen LogP contribution in [0.1, 0.15) is 34.1 Å². The number of H-pyrrole nitrogens is 1. The van der Waals surface area contributed by atoms with Gasteiger partial charge in [-0.1, -0.05) is 6.92 Å². The van der Waals surface area contributed by atoms with Crippen LogP contribution in [-0.4, -0.2) is 45.5 Å². The molecule has 0 saturated carbocycles. The number of nitrogens with zero attached hydrogens (tertiary/aromatic N) is 3. The van der Waals surface area contributed by atoms with Gasteiger partial charge in [-0.2, -0.15) is 15.1 Å². The highest BCUT2D eigenvalue weighted by molar-refractivity contribution is 5.86. The van der Waals surface area contributed by atoms with Crippen molar-refractivity contribution in [3.8, 4) is 0 Å². The molecule has 0 amide bonds. The molecule has 0 aromatic carbocycles. The van der Waals surface area contributed by atoms with Crippen LogP contribution < -0.4 is 10.6 Å². The molecule has 0 aliphatic rings. The zero-order valence-electron chi connectivity index (χ0n) is 13.2. The maximum absolute atomic E-state index is 5.69. The number of fused-ring (bicyclic) bond motifs is 1. The molecule has 0 unspecified atom stereocenters. The van der Waals surface area contributed by atoms with Crippen molar-refractivity contribution >= 4 is 22.8 Å². The smallest absolute Gasteiger partial charge is 0.226 e. The van der Waals surface area contributed by atoms with Crippen molar-refractivity contribution in [2.45, 2.75) is 39.7 Å². The molecule has 2 aromatic heterocycles.